The molecule has 4 heteroatoms. The second-order valence-electron chi connectivity index (χ2n) is 2.74. The first kappa shape index (κ1) is 10.5. The van der Waals surface area contributed by atoms with E-state index in [4.69, 9.17) is 9.47 Å². The molecule has 3 nitrogen and oxygen atoms in total. The van der Waals surface area contributed by atoms with Crippen molar-refractivity contribution >= 4 is 5.78 Å². The molecule has 76 valence electrons. The van der Waals surface area contributed by atoms with Gasteiger partial charge in [-0.3, -0.25) is 4.79 Å². The number of carbonyl (C=O) groups excluding carboxylic acids is 1. The van der Waals surface area contributed by atoms with E-state index >= 15 is 0 Å². The Morgan fingerprint density at radius 2 is 1.71 bits per heavy atom. The molecule has 0 saturated heterocycles. The number of methoxy groups -OCH3 is 2. The summed E-state index contributed by atoms with van der Waals surface area (Å²) in [7, 11) is 2.84. The summed E-state index contributed by atoms with van der Waals surface area (Å²) in [5, 5.41) is 0. The Kier molecular flexibility index (Phi) is 3.06. The molecular weight excluding hydrogens is 187 g/mol. The number of rotatable bonds is 3. The maximum atomic E-state index is 13.2. The third-order valence-corrected chi connectivity index (χ3v) is 1.85. The summed E-state index contributed by atoms with van der Waals surface area (Å²) < 4.78 is 23.1. The molecule has 0 N–H and O–H groups in total. The first-order chi connectivity index (χ1) is 6.60. The zero-order valence-electron chi connectivity index (χ0n) is 8.26. The monoisotopic (exact) mass is 198 g/mol. The smallest absolute Gasteiger partial charge is 0.163 e. The van der Waals surface area contributed by atoms with Crippen LogP contribution in [0.25, 0.3) is 0 Å². The number of halogens is 1. The van der Waals surface area contributed by atoms with Crippen molar-refractivity contribution in [2.24, 2.45) is 0 Å². The summed E-state index contributed by atoms with van der Waals surface area (Å²) >= 11 is 0. The van der Waals surface area contributed by atoms with Crippen LogP contribution in [0.15, 0.2) is 12.1 Å². The SMILES string of the molecule is COc1cc(F)c(C(C)=O)cc1OC. The average Bonchev–Trinajstić information content (AvgIpc) is 2.16. The highest BCUT2D eigenvalue weighted by Crippen LogP contribution is 2.29. The highest BCUT2D eigenvalue weighted by molar-refractivity contribution is 5.95. The molecule has 14 heavy (non-hydrogen) atoms. The van der Waals surface area contributed by atoms with E-state index < -0.39 is 5.82 Å². The van der Waals surface area contributed by atoms with Gasteiger partial charge in [0.2, 0.25) is 0 Å². The third kappa shape index (κ3) is 1.84. The van der Waals surface area contributed by atoms with E-state index in [0.29, 0.717) is 5.75 Å². The summed E-state index contributed by atoms with van der Waals surface area (Å²) in [6.07, 6.45) is 0. The molecule has 1 rings (SSSR count). The van der Waals surface area contributed by atoms with Gasteiger partial charge >= 0.3 is 0 Å². The molecule has 0 atom stereocenters. The molecule has 0 fully saturated rings. The van der Waals surface area contributed by atoms with Gasteiger partial charge in [0.05, 0.1) is 19.8 Å². The van der Waals surface area contributed by atoms with Gasteiger partial charge in [-0.1, -0.05) is 0 Å². The quantitative estimate of drug-likeness (QED) is 0.697. The molecule has 1 aromatic carbocycles. The Morgan fingerprint density at radius 3 is 2.14 bits per heavy atom. The number of Topliss-reactive ketones (excluding diaryl/α,β-unsaturated/α-hetero) is 1. The fourth-order valence-electron chi connectivity index (χ4n) is 1.12. The Morgan fingerprint density at radius 1 is 1.21 bits per heavy atom. The lowest BCUT2D eigenvalue weighted by Crippen LogP contribution is -2.00. The first-order valence-corrected chi connectivity index (χ1v) is 4.02. The van der Waals surface area contributed by atoms with Crippen molar-refractivity contribution < 1.29 is 18.7 Å². The van der Waals surface area contributed by atoms with Crippen LogP contribution < -0.4 is 9.47 Å². The fourth-order valence-corrected chi connectivity index (χ4v) is 1.12. The number of ketones is 1. The Balaban J connectivity index is 3.30. The van der Waals surface area contributed by atoms with Crippen LogP contribution in [0.3, 0.4) is 0 Å². The van der Waals surface area contributed by atoms with Crippen LogP contribution in [-0.2, 0) is 0 Å². The van der Waals surface area contributed by atoms with Crippen molar-refractivity contribution in [2.75, 3.05) is 14.2 Å². The number of ether oxygens (including phenoxy) is 2. The maximum Gasteiger partial charge on any atom is 0.163 e. The van der Waals surface area contributed by atoms with E-state index in [0.717, 1.165) is 6.07 Å². The Hall–Kier alpha value is -1.58. The third-order valence-electron chi connectivity index (χ3n) is 1.85. The second-order valence-corrected chi connectivity index (χ2v) is 2.74. The van der Waals surface area contributed by atoms with Gasteiger partial charge in [-0.05, 0) is 13.0 Å². The summed E-state index contributed by atoms with van der Waals surface area (Å²) in [5.41, 5.74) is 0.00245. The Bertz CT molecular complexity index is 361. The van der Waals surface area contributed by atoms with Gasteiger partial charge in [-0.2, -0.15) is 0 Å². The second kappa shape index (κ2) is 4.09. The highest BCUT2D eigenvalue weighted by atomic mass is 19.1. The molecule has 0 amide bonds. The minimum atomic E-state index is -0.602. The summed E-state index contributed by atoms with van der Waals surface area (Å²) in [5.74, 6) is -0.326. The van der Waals surface area contributed by atoms with E-state index in [2.05, 4.69) is 0 Å². The molecule has 0 radical (unpaired) electrons. The molecule has 0 unspecified atom stereocenters. The molecule has 0 aromatic heterocycles. The van der Waals surface area contributed by atoms with E-state index in [1.165, 1.54) is 27.2 Å². The zero-order chi connectivity index (χ0) is 10.7. The van der Waals surface area contributed by atoms with E-state index in [-0.39, 0.29) is 17.1 Å². The molecule has 0 aliphatic heterocycles. The van der Waals surface area contributed by atoms with E-state index in [1.54, 1.807) is 0 Å². The lowest BCUT2D eigenvalue weighted by atomic mass is 10.1. The van der Waals surface area contributed by atoms with Gasteiger partial charge in [-0.15, -0.1) is 0 Å². The van der Waals surface area contributed by atoms with Crippen molar-refractivity contribution in [3.05, 3.63) is 23.5 Å². The summed E-state index contributed by atoms with van der Waals surface area (Å²) in [6, 6.07) is 2.46. The zero-order valence-corrected chi connectivity index (χ0v) is 8.26. The fraction of sp³-hybridized carbons (Fsp3) is 0.300. The van der Waals surface area contributed by atoms with Crippen LogP contribution in [0.1, 0.15) is 17.3 Å². The maximum absolute atomic E-state index is 13.2. The van der Waals surface area contributed by atoms with Crippen LogP contribution in [0.2, 0.25) is 0 Å². The van der Waals surface area contributed by atoms with Crippen LogP contribution in [0.5, 0.6) is 11.5 Å². The van der Waals surface area contributed by atoms with Crippen molar-refractivity contribution in [3.8, 4) is 11.5 Å². The van der Waals surface area contributed by atoms with Crippen molar-refractivity contribution in [1.82, 2.24) is 0 Å². The van der Waals surface area contributed by atoms with Crippen LogP contribution in [-0.4, -0.2) is 20.0 Å². The number of hydrogen-bond donors (Lipinski definition) is 0. The first-order valence-electron chi connectivity index (χ1n) is 4.02. The van der Waals surface area contributed by atoms with Crippen molar-refractivity contribution in [1.29, 1.82) is 0 Å². The molecular formula is C10H11FO3. The molecule has 0 saturated carbocycles. The highest BCUT2D eigenvalue weighted by Gasteiger charge is 2.13. The van der Waals surface area contributed by atoms with Gasteiger partial charge in [0.1, 0.15) is 5.82 Å². The standard InChI is InChI=1S/C10H11FO3/c1-6(12)7-4-9(13-2)10(14-3)5-8(7)11/h4-5H,1-3H3. The van der Waals surface area contributed by atoms with Crippen LogP contribution >= 0.6 is 0 Å². The molecule has 0 aliphatic rings. The predicted molar refractivity (Wildman–Crippen MR) is 49.5 cm³/mol. The van der Waals surface area contributed by atoms with Crippen molar-refractivity contribution in [3.63, 3.8) is 0 Å². The normalized spacial score (nSPS) is 9.71. The lowest BCUT2D eigenvalue weighted by Gasteiger charge is -2.08. The van der Waals surface area contributed by atoms with Gasteiger partial charge in [-0.25, -0.2) is 4.39 Å². The Labute approximate surface area is 81.4 Å². The summed E-state index contributed by atoms with van der Waals surface area (Å²) in [6.45, 7) is 1.30. The number of hydrogen-bond acceptors (Lipinski definition) is 3. The van der Waals surface area contributed by atoms with Crippen LogP contribution in [0, 0.1) is 5.82 Å². The lowest BCUT2D eigenvalue weighted by molar-refractivity contribution is 0.101. The van der Waals surface area contributed by atoms with Gasteiger partial charge in [0, 0.05) is 6.07 Å². The van der Waals surface area contributed by atoms with Crippen molar-refractivity contribution in [2.45, 2.75) is 6.92 Å². The molecule has 0 aliphatic carbocycles. The van der Waals surface area contributed by atoms with E-state index in [1.807, 2.05) is 0 Å². The largest absolute Gasteiger partial charge is 0.493 e. The molecule has 0 heterocycles. The molecule has 1 aromatic rings. The van der Waals surface area contributed by atoms with Gasteiger partial charge in [0.15, 0.2) is 17.3 Å². The van der Waals surface area contributed by atoms with E-state index in [9.17, 15) is 9.18 Å². The van der Waals surface area contributed by atoms with Gasteiger partial charge in [0.25, 0.3) is 0 Å². The number of benzene rings is 1. The molecule has 0 spiro atoms. The minimum Gasteiger partial charge on any atom is -0.493 e. The molecule has 0 bridgehead atoms. The number of carbonyl (C=O) groups is 1. The predicted octanol–water partition coefficient (Wildman–Crippen LogP) is 2.05. The topological polar surface area (TPSA) is 35.5 Å². The minimum absolute atomic E-state index is 0.00245. The van der Waals surface area contributed by atoms with Crippen LogP contribution in [0.4, 0.5) is 4.39 Å². The van der Waals surface area contributed by atoms with Gasteiger partial charge < -0.3 is 9.47 Å². The average molecular weight is 198 g/mol. The summed E-state index contributed by atoms with van der Waals surface area (Å²) in [4.78, 5) is 11.0.